The number of ether oxygens (including phenoxy) is 1. The Balaban J connectivity index is 1.89. The van der Waals surface area contributed by atoms with Gasteiger partial charge >= 0.3 is 5.97 Å². The van der Waals surface area contributed by atoms with Crippen LogP contribution in [0.2, 0.25) is 0 Å². The van der Waals surface area contributed by atoms with Gasteiger partial charge in [0, 0.05) is 13.1 Å². The Kier molecular flexibility index (Phi) is 5.71. The summed E-state index contributed by atoms with van der Waals surface area (Å²) < 4.78 is 19.5. The maximum atomic E-state index is 14.2. The van der Waals surface area contributed by atoms with Crippen molar-refractivity contribution in [2.24, 2.45) is 5.41 Å². The highest BCUT2D eigenvalue weighted by atomic mass is 32.1. The van der Waals surface area contributed by atoms with Crippen molar-refractivity contribution in [1.29, 1.82) is 0 Å². The molecule has 1 atom stereocenters. The largest absolute Gasteiger partial charge is 0.466 e. The number of benzene rings is 1. The topological polar surface area (TPSA) is 46.6 Å². The average Bonchev–Trinajstić information content (AvgIpc) is 3.18. The number of carbonyl (C=O) groups excluding carboxylic acids is 2. The zero-order valence-corrected chi connectivity index (χ0v) is 15.6. The van der Waals surface area contributed by atoms with Crippen LogP contribution < -0.4 is 0 Å². The molecule has 0 unspecified atom stereocenters. The van der Waals surface area contributed by atoms with Gasteiger partial charge in [-0.05, 0) is 49.3 Å². The van der Waals surface area contributed by atoms with Gasteiger partial charge in [0.1, 0.15) is 5.82 Å². The minimum absolute atomic E-state index is 0.0816. The first-order valence-electron chi connectivity index (χ1n) is 8.79. The normalized spacial score (nSPS) is 20.0. The number of thiophene rings is 1. The van der Waals surface area contributed by atoms with Crippen LogP contribution in [0.3, 0.4) is 0 Å². The summed E-state index contributed by atoms with van der Waals surface area (Å²) in [4.78, 5) is 27.9. The molecule has 0 bridgehead atoms. The van der Waals surface area contributed by atoms with Crippen molar-refractivity contribution in [1.82, 2.24) is 4.90 Å². The molecule has 3 rings (SSSR count). The Labute approximate surface area is 156 Å². The highest BCUT2D eigenvalue weighted by Crippen LogP contribution is 2.36. The second kappa shape index (κ2) is 7.99. The molecule has 0 saturated carbocycles. The fourth-order valence-electron chi connectivity index (χ4n) is 3.53. The third-order valence-electron chi connectivity index (χ3n) is 4.79. The van der Waals surface area contributed by atoms with Crippen molar-refractivity contribution in [2.45, 2.75) is 26.2 Å². The summed E-state index contributed by atoms with van der Waals surface area (Å²) in [5, 5.41) is 1.86. The van der Waals surface area contributed by atoms with Crippen LogP contribution in [0.1, 0.15) is 35.0 Å². The molecular formula is C20H22FNO3S. The van der Waals surface area contributed by atoms with E-state index in [1.54, 1.807) is 36.1 Å². The Bertz CT molecular complexity index is 777. The SMILES string of the molecule is CCOC(=O)[C@]1(Cc2ccccc2F)CCCN(C(=O)c2cccs2)C1. The van der Waals surface area contributed by atoms with Crippen LogP contribution in [0.4, 0.5) is 4.39 Å². The van der Waals surface area contributed by atoms with Gasteiger partial charge in [0.2, 0.25) is 0 Å². The number of rotatable bonds is 5. The molecule has 1 aromatic heterocycles. The lowest BCUT2D eigenvalue weighted by atomic mass is 9.75. The van der Waals surface area contributed by atoms with Gasteiger partial charge in [0.15, 0.2) is 0 Å². The van der Waals surface area contributed by atoms with Gasteiger partial charge in [-0.15, -0.1) is 11.3 Å². The van der Waals surface area contributed by atoms with Gasteiger partial charge in [0.05, 0.1) is 16.9 Å². The summed E-state index contributed by atoms with van der Waals surface area (Å²) in [6.07, 6.45) is 1.49. The molecule has 0 spiro atoms. The Morgan fingerprint density at radius 3 is 2.77 bits per heavy atom. The fraction of sp³-hybridized carbons (Fsp3) is 0.400. The number of carbonyl (C=O) groups is 2. The highest BCUT2D eigenvalue weighted by Gasteiger charge is 2.45. The standard InChI is InChI=1S/C20H22FNO3S/c1-2-25-19(24)20(13-15-7-3-4-8-16(15)21)10-6-11-22(14-20)18(23)17-9-5-12-26-17/h3-5,7-9,12H,2,6,10-11,13-14H2,1H3/t20-/m0/s1. The Morgan fingerprint density at radius 2 is 2.08 bits per heavy atom. The van der Waals surface area contributed by atoms with Crippen molar-refractivity contribution in [3.8, 4) is 0 Å². The van der Waals surface area contributed by atoms with Gasteiger partial charge in [-0.3, -0.25) is 9.59 Å². The van der Waals surface area contributed by atoms with Crippen LogP contribution in [0.25, 0.3) is 0 Å². The molecule has 1 aliphatic rings. The van der Waals surface area contributed by atoms with Gasteiger partial charge in [-0.2, -0.15) is 0 Å². The van der Waals surface area contributed by atoms with E-state index >= 15 is 0 Å². The summed E-state index contributed by atoms with van der Waals surface area (Å²) in [6, 6.07) is 10.1. The first kappa shape index (κ1) is 18.6. The van der Waals surface area contributed by atoms with Crippen molar-refractivity contribution in [3.63, 3.8) is 0 Å². The predicted octanol–water partition coefficient (Wildman–Crippen LogP) is 3.92. The van der Waals surface area contributed by atoms with Crippen LogP contribution in [0.15, 0.2) is 41.8 Å². The van der Waals surface area contributed by atoms with E-state index in [1.165, 1.54) is 17.4 Å². The molecule has 1 aromatic carbocycles. The zero-order chi connectivity index (χ0) is 18.6. The number of likely N-dealkylation sites (tertiary alicyclic amines) is 1. The van der Waals surface area contributed by atoms with E-state index in [0.717, 1.165) is 0 Å². The van der Waals surface area contributed by atoms with Gasteiger partial charge in [0.25, 0.3) is 5.91 Å². The zero-order valence-electron chi connectivity index (χ0n) is 14.7. The molecule has 1 fully saturated rings. The Morgan fingerprint density at radius 1 is 1.27 bits per heavy atom. The number of esters is 1. The summed E-state index contributed by atoms with van der Waals surface area (Å²) in [6.45, 7) is 2.86. The van der Waals surface area contributed by atoms with Crippen molar-refractivity contribution in [3.05, 3.63) is 58.0 Å². The lowest BCUT2D eigenvalue weighted by Crippen LogP contribution is -2.51. The minimum Gasteiger partial charge on any atom is -0.466 e. The third-order valence-corrected chi connectivity index (χ3v) is 5.65. The number of hydrogen-bond acceptors (Lipinski definition) is 4. The second-order valence-corrected chi connectivity index (χ2v) is 7.52. The number of hydrogen-bond donors (Lipinski definition) is 0. The molecular weight excluding hydrogens is 353 g/mol. The maximum Gasteiger partial charge on any atom is 0.314 e. The number of piperidine rings is 1. The molecule has 1 aliphatic heterocycles. The van der Waals surface area contributed by atoms with Gasteiger partial charge in [-0.1, -0.05) is 24.3 Å². The molecule has 138 valence electrons. The second-order valence-electron chi connectivity index (χ2n) is 6.58. The van der Waals surface area contributed by atoms with E-state index < -0.39 is 5.41 Å². The molecule has 0 radical (unpaired) electrons. The first-order valence-corrected chi connectivity index (χ1v) is 9.67. The van der Waals surface area contributed by atoms with E-state index in [-0.39, 0.29) is 37.3 Å². The molecule has 2 heterocycles. The summed E-state index contributed by atoms with van der Waals surface area (Å²) in [5.41, 5.74) is -0.436. The number of halogens is 1. The van der Waals surface area contributed by atoms with Crippen LogP contribution in [-0.4, -0.2) is 36.5 Å². The lowest BCUT2D eigenvalue weighted by Gasteiger charge is -2.41. The lowest BCUT2D eigenvalue weighted by molar-refractivity contribution is -0.158. The van der Waals surface area contributed by atoms with E-state index in [4.69, 9.17) is 4.74 Å². The molecule has 0 aliphatic carbocycles. The molecule has 1 amide bonds. The molecule has 2 aromatic rings. The van der Waals surface area contributed by atoms with Crippen molar-refractivity contribution < 1.29 is 18.7 Å². The maximum absolute atomic E-state index is 14.2. The predicted molar refractivity (Wildman–Crippen MR) is 98.6 cm³/mol. The highest BCUT2D eigenvalue weighted by molar-refractivity contribution is 7.12. The minimum atomic E-state index is -0.913. The number of amides is 1. The number of nitrogens with zero attached hydrogens (tertiary/aromatic N) is 1. The van der Waals surface area contributed by atoms with Crippen molar-refractivity contribution in [2.75, 3.05) is 19.7 Å². The summed E-state index contributed by atoms with van der Waals surface area (Å²) in [5.74, 6) is -0.772. The molecule has 0 N–H and O–H groups in total. The van der Waals surface area contributed by atoms with Crippen LogP contribution in [0, 0.1) is 11.2 Å². The summed E-state index contributed by atoms with van der Waals surface area (Å²) >= 11 is 1.38. The smallest absolute Gasteiger partial charge is 0.314 e. The van der Waals surface area contributed by atoms with E-state index in [2.05, 4.69) is 0 Å². The van der Waals surface area contributed by atoms with E-state index in [1.807, 2.05) is 11.4 Å². The first-order chi connectivity index (χ1) is 12.6. The molecule has 1 saturated heterocycles. The Hall–Kier alpha value is -2.21. The fourth-order valence-corrected chi connectivity index (χ4v) is 4.23. The monoisotopic (exact) mass is 375 g/mol. The van der Waals surface area contributed by atoms with Crippen molar-refractivity contribution >= 4 is 23.2 Å². The van der Waals surface area contributed by atoms with Gasteiger partial charge < -0.3 is 9.64 Å². The van der Waals surface area contributed by atoms with Crippen LogP contribution in [0.5, 0.6) is 0 Å². The van der Waals surface area contributed by atoms with Crippen LogP contribution >= 0.6 is 11.3 Å². The molecule has 6 heteroatoms. The molecule has 4 nitrogen and oxygen atoms in total. The summed E-state index contributed by atoms with van der Waals surface area (Å²) in [7, 11) is 0. The van der Waals surface area contributed by atoms with E-state index in [0.29, 0.717) is 29.8 Å². The average molecular weight is 375 g/mol. The van der Waals surface area contributed by atoms with Crippen LogP contribution in [-0.2, 0) is 16.0 Å². The quantitative estimate of drug-likeness (QED) is 0.744. The van der Waals surface area contributed by atoms with E-state index in [9.17, 15) is 14.0 Å². The molecule has 26 heavy (non-hydrogen) atoms. The third kappa shape index (κ3) is 3.80. The van der Waals surface area contributed by atoms with Gasteiger partial charge in [-0.25, -0.2) is 4.39 Å².